The first-order valence-corrected chi connectivity index (χ1v) is 11.2. The van der Waals surface area contributed by atoms with Crippen LogP contribution in [-0.4, -0.2) is 29.6 Å². The summed E-state index contributed by atoms with van der Waals surface area (Å²) in [5.41, 5.74) is 4.15. The van der Waals surface area contributed by atoms with E-state index in [1.807, 2.05) is 42.5 Å². The van der Waals surface area contributed by atoms with Crippen molar-refractivity contribution in [2.45, 2.75) is 25.7 Å². The molecule has 0 saturated heterocycles. The number of unbranched alkanes of at least 4 members (excludes halogenated alkanes) is 1. The van der Waals surface area contributed by atoms with Crippen LogP contribution < -0.4 is 14.8 Å². The number of nitriles is 1. The minimum Gasteiger partial charge on any atom is -0.497 e. The van der Waals surface area contributed by atoms with Crippen LogP contribution in [0.25, 0.3) is 22.2 Å². The van der Waals surface area contributed by atoms with Crippen LogP contribution in [0, 0.1) is 11.3 Å². The minimum absolute atomic E-state index is 0.147. The van der Waals surface area contributed by atoms with Crippen LogP contribution in [-0.2, 0) is 11.2 Å². The van der Waals surface area contributed by atoms with E-state index < -0.39 is 0 Å². The van der Waals surface area contributed by atoms with Gasteiger partial charge in [0.2, 0.25) is 5.91 Å². The second-order valence-electron chi connectivity index (χ2n) is 7.76. The van der Waals surface area contributed by atoms with Gasteiger partial charge >= 0.3 is 0 Å². The third-order valence-electron chi connectivity index (χ3n) is 5.51. The number of methoxy groups -OCH3 is 1. The topological polar surface area (TPSA) is 100 Å². The Hall–Kier alpha value is -4.31. The number of benzene rings is 2. The van der Waals surface area contributed by atoms with Crippen LogP contribution >= 0.6 is 0 Å². The molecule has 172 valence electrons. The molecule has 0 atom stereocenters. The number of H-pyrrole nitrogens is 1. The number of aromatic amines is 1. The second-order valence-corrected chi connectivity index (χ2v) is 7.76. The Kier molecular flexibility index (Phi) is 7.41. The van der Waals surface area contributed by atoms with Gasteiger partial charge in [-0.05, 0) is 66.4 Å². The van der Waals surface area contributed by atoms with Crippen LogP contribution in [0.1, 0.15) is 24.8 Å². The Morgan fingerprint density at radius 3 is 2.74 bits per heavy atom. The van der Waals surface area contributed by atoms with Gasteiger partial charge in [-0.15, -0.1) is 0 Å². The molecule has 4 rings (SSSR count). The van der Waals surface area contributed by atoms with Gasteiger partial charge in [0.25, 0.3) is 0 Å². The van der Waals surface area contributed by atoms with E-state index in [2.05, 4.69) is 27.4 Å². The highest BCUT2D eigenvalue weighted by molar-refractivity contribution is 5.94. The number of rotatable bonds is 10. The van der Waals surface area contributed by atoms with Crippen LogP contribution in [0.4, 0.5) is 5.82 Å². The van der Waals surface area contributed by atoms with Crippen molar-refractivity contribution in [1.29, 1.82) is 5.26 Å². The smallest absolute Gasteiger partial charge is 0.225 e. The molecule has 0 bridgehead atoms. The third kappa shape index (κ3) is 5.36. The van der Waals surface area contributed by atoms with E-state index >= 15 is 0 Å². The van der Waals surface area contributed by atoms with Gasteiger partial charge in [-0.1, -0.05) is 18.2 Å². The molecule has 0 aliphatic carbocycles. The quantitative estimate of drug-likeness (QED) is 0.309. The van der Waals surface area contributed by atoms with Gasteiger partial charge in [0.1, 0.15) is 5.75 Å². The normalized spacial score (nSPS) is 10.6. The summed E-state index contributed by atoms with van der Waals surface area (Å²) in [7, 11) is 1.65. The molecule has 7 nitrogen and oxygen atoms in total. The third-order valence-corrected chi connectivity index (χ3v) is 5.51. The highest BCUT2D eigenvalue weighted by atomic mass is 16.5. The van der Waals surface area contributed by atoms with Gasteiger partial charge < -0.3 is 19.8 Å². The zero-order chi connectivity index (χ0) is 23.8. The van der Waals surface area contributed by atoms with E-state index in [9.17, 15) is 4.79 Å². The number of para-hydroxylation sites is 1. The number of amides is 1. The number of nitrogens with one attached hydrogen (secondary N) is 2. The lowest BCUT2D eigenvalue weighted by atomic mass is 10.0. The van der Waals surface area contributed by atoms with E-state index in [1.54, 1.807) is 25.4 Å². The van der Waals surface area contributed by atoms with Crippen molar-refractivity contribution in [3.63, 3.8) is 0 Å². The summed E-state index contributed by atoms with van der Waals surface area (Å²) in [5.74, 6) is 1.53. The number of hydrogen-bond donors (Lipinski definition) is 2. The van der Waals surface area contributed by atoms with Gasteiger partial charge in [0.05, 0.1) is 19.8 Å². The molecule has 0 aliphatic heterocycles. The fourth-order valence-electron chi connectivity index (χ4n) is 3.83. The predicted molar refractivity (Wildman–Crippen MR) is 132 cm³/mol. The van der Waals surface area contributed by atoms with Gasteiger partial charge in [-0.3, -0.25) is 4.79 Å². The number of fused-ring (bicyclic) bond motifs is 1. The average Bonchev–Trinajstić information content (AvgIpc) is 3.25. The van der Waals surface area contributed by atoms with Crippen molar-refractivity contribution in [2.75, 3.05) is 19.0 Å². The summed E-state index contributed by atoms with van der Waals surface area (Å²) >= 11 is 0. The van der Waals surface area contributed by atoms with E-state index in [-0.39, 0.29) is 12.3 Å². The summed E-state index contributed by atoms with van der Waals surface area (Å²) in [4.78, 5) is 20.6. The van der Waals surface area contributed by atoms with Crippen molar-refractivity contribution in [3.8, 4) is 28.8 Å². The number of anilines is 1. The average molecular weight is 455 g/mol. The van der Waals surface area contributed by atoms with E-state index in [4.69, 9.17) is 14.7 Å². The Morgan fingerprint density at radius 1 is 1.12 bits per heavy atom. The first kappa shape index (κ1) is 22.9. The van der Waals surface area contributed by atoms with Crippen molar-refractivity contribution in [3.05, 3.63) is 72.4 Å². The lowest BCUT2D eigenvalue weighted by Gasteiger charge is -2.11. The Bertz CT molecular complexity index is 1310. The van der Waals surface area contributed by atoms with Crippen LogP contribution in [0.15, 0.2) is 66.9 Å². The summed E-state index contributed by atoms with van der Waals surface area (Å²) < 4.78 is 11.0. The molecule has 34 heavy (non-hydrogen) atoms. The molecular formula is C27H26N4O3. The monoisotopic (exact) mass is 454 g/mol. The highest BCUT2D eigenvalue weighted by Gasteiger charge is 2.16. The molecule has 2 N–H and O–H groups in total. The van der Waals surface area contributed by atoms with Crippen molar-refractivity contribution in [1.82, 2.24) is 9.97 Å². The largest absolute Gasteiger partial charge is 0.497 e. The zero-order valence-corrected chi connectivity index (χ0v) is 19.0. The number of aromatic nitrogens is 2. The Morgan fingerprint density at radius 2 is 1.94 bits per heavy atom. The molecule has 7 heteroatoms. The molecule has 2 aromatic heterocycles. The minimum atomic E-state index is -0.147. The van der Waals surface area contributed by atoms with Crippen molar-refractivity contribution in [2.24, 2.45) is 0 Å². The maximum absolute atomic E-state index is 12.8. The number of pyridine rings is 1. The number of nitrogens with zero attached hydrogens (tertiary/aromatic N) is 2. The molecule has 2 aromatic carbocycles. The molecule has 0 saturated carbocycles. The Balaban J connectivity index is 1.49. The molecule has 0 fully saturated rings. The van der Waals surface area contributed by atoms with Gasteiger partial charge in [0.15, 0.2) is 11.6 Å². The SMILES string of the molecule is COc1ccc(-c2[nH]c3ccccc3c2CCC(=O)Nc2ncccc2OCCCC#N)cc1. The Labute approximate surface area is 198 Å². The molecule has 1 amide bonds. The summed E-state index contributed by atoms with van der Waals surface area (Å²) in [6.07, 6.45) is 3.49. The molecular weight excluding hydrogens is 428 g/mol. The molecule has 0 aliphatic rings. The number of hydrogen-bond acceptors (Lipinski definition) is 5. The summed E-state index contributed by atoms with van der Waals surface area (Å²) in [6, 6.07) is 21.6. The maximum Gasteiger partial charge on any atom is 0.225 e. The number of ether oxygens (including phenoxy) is 2. The zero-order valence-electron chi connectivity index (χ0n) is 19.0. The van der Waals surface area contributed by atoms with Crippen molar-refractivity contribution >= 4 is 22.6 Å². The highest BCUT2D eigenvalue weighted by Crippen LogP contribution is 2.32. The number of carbonyl (C=O) groups excluding carboxylic acids is 1. The fourth-order valence-corrected chi connectivity index (χ4v) is 3.83. The maximum atomic E-state index is 12.8. The van der Waals surface area contributed by atoms with E-state index in [0.717, 1.165) is 33.5 Å². The van der Waals surface area contributed by atoms with Crippen LogP contribution in [0.3, 0.4) is 0 Å². The molecule has 0 unspecified atom stereocenters. The molecule has 0 spiro atoms. The van der Waals surface area contributed by atoms with E-state index in [1.165, 1.54) is 0 Å². The van der Waals surface area contributed by atoms with Gasteiger partial charge in [-0.25, -0.2) is 4.98 Å². The first-order chi connectivity index (χ1) is 16.7. The summed E-state index contributed by atoms with van der Waals surface area (Å²) in [6.45, 7) is 0.392. The van der Waals surface area contributed by atoms with Crippen LogP contribution in [0.2, 0.25) is 0 Å². The van der Waals surface area contributed by atoms with Gasteiger partial charge in [0, 0.05) is 35.6 Å². The number of carbonyl (C=O) groups is 1. The second kappa shape index (κ2) is 11.0. The standard InChI is InChI=1S/C27H26N4O3/c1-33-20-12-10-19(11-13-20)26-22(21-7-2-3-8-23(21)30-26)14-15-25(32)31-27-24(9-6-17-29-27)34-18-5-4-16-28/h2-3,6-13,17,30H,4-5,14-15,18H2,1H3,(H,29,31,32). The number of aryl methyl sites for hydroxylation is 1. The van der Waals surface area contributed by atoms with Crippen LogP contribution in [0.5, 0.6) is 11.5 Å². The molecule has 2 heterocycles. The fraction of sp³-hybridized carbons (Fsp3) is 0.222. The lowest BCUT2D eigenvalue weighted by molar-refractivity contribution is -0.116. The summed E-state index contributed by atoms with van der Waals surface area (Å²) in [5, 5.41) is 12.6. The van der Waals surface area contributed by atoms with Crippen molar-refractivity contribution < 1.29 is 14.3 Å². The molecule has 0 radical (unpaired) electrons. The van der Waals surface area contributed by atoms with Gasteiger partial charge in [-0.2, -0.15) is 5.26 Å². The first-order valence-electron chi connectivity index (χ1n) is 11.2. The molecule has 4 aromatic rings. The predicted octanol–water partition coefficient (Wildman–Crippen LogP) is 5.49. The van der Waals surface area contributed by atoms with E-state index in [0.29, 0.717) is 37.4 Å². The lowest BCUT2D eigenvalue weighted by Crippen LogP contribution is -2.14.